The minimum Gasteiger partial charge on any atom is -0.497 e. The van der Waals surface area contributed by atoms with Crippen LogP contribution in [0.4, 0.5) is 16.3 Å². The number of anilines is 2. The lowest BCUT2D eigenvalue weighted by molar-refractivity contribution is 0.254. The highest BCUT2D eigenvalue weighted by atomic mass is 16.5. The van der Waals surface area contributed by atoms with Crippen LogP contribution in [0.3, 0.4) is 0 Å². The summed E-state index contributed by atoms with van der Waals surface area (Å²) in [7, 11) is 1.57. The topological polar surface area (TPSA) is 105 Å². The van der Waals surface area contributed by atoms with Crippen molar-refractivity contribution >= 4 is 34.1 Å². The summed E-state index contributed by atoms with van der Waals surface area (Å²) in [6.45, 7) is 0. The molecule has 5 rings (SSSR count). The smallest absolute Gasteiger partial charge is 0.337 e. The van der Waals surface area contributed by atoms with Gasteiger partial charge in [0.25, 0.3) is 0 Å². The number of para-hydroxylation sites is 1. The van der Waals surface area contributed by atoms with Crippen molar-refractivity contribution in [3.05, 3.63) is 78.9 Å². The van der Waals surface area contributed by atoms with Gasteiger partial charge in [0, 0.05) is 22.7 Å². The molecule has 9 nitrogen and oxygen atoms in total. The summed E-state index contributed by atoms with van der Waals surface area (Å²) in [5, 5.41) is 12.2. The Morgan fingerprint density at radius 1 is 0.969 bits per heavy atom. The van der Waals surface area contributed by atoms with Crippen LogP contribution in [0.25, 0.3) is 27.8 Å². The van der Waals surface area contributed by atoms with Gasteiger partial charge in [0.2, 0.25) is 0 Å². The Hall–Kier alpha value is -4.66. The van der Waals surface area contributed by atoms with Gasteiger partial charge in [-0.15, -0.1) is 5.10 Å². The number of hydrogen-bond donors (Lipinski definition) is 3. The molecular weight excluding hydrogens is 406 g/mol. The molecule has 0 spiro atoms. The van der Waals surface area contributed by atoms with Gasteiger partial charge in [0.05, 0.1) is 12.6 Å². The Kier molecular flexibility index (Phi) is 4.97. The first-order chi connectivity index (χ1) is 15.7. The molecule has 0 aliphatic rings. The summed E-state index contributed by atoms with van der Waals surface area (Å²) >= 11 is 0. The summed E-state index contributed by atoms with van der Waals surface area (Å²) in [5.41, 5.74) is 9.11. The van der Waals surface area contributed by atoms with Crippen LogP contribution in [-0.2, 0) is 0 Å². The van der Waals surface area contributed by atoms with Gasteiger partial charge in [-0.2, -0.15) is 4.52 Å². The van der Waals surface area contributed by atoms with E-state index in [1.54, 1.807) is 35.9 Å². The fourth-order valence-corrected chi connectivity index (χ4v) is 3.42. The summed E-state index contributed by atoms with van der Waals surface area (Å²) in [6.07, 6.45) is 0. The normalized spacial score (nSPS) is 10.8. The third kappa shape index (κ3) is 3.63. The molecule has 0 atom stereocenters. The van der Waals surface area contributed by atoms with Crippen LogP contribution in [0.1, 0.15) is 0 Å². The molecule has 0 unspecified atom stereocenters. The fourth-order valence-electron chi connectivity index (χ4n) is 3.42. The Labute approximate surface area is 183 Å². The number of hydrogen-bond acceptors (Lipinski definition) is 6. The van der Waals surface area contributed by atoms with Gasteiger partial charge in [-0.25, -0.2) is 9.78 Å². The molecule has 2 aromatic heterocycles. The maximum Gasteiger partial charge on any atom is 0.337 e. The molecule has 0 fully saturated rings. The number of methoxy groups -OCH3 is 1. The van der Waals surface area contributed by atoms with Crippen LogP contribution in [0.5, 0.6) is 5.75 Å². The lowest BCUT2D eigenvalue weighted by Gasteiger charge is -2.12. The molecule has 0 radical (unpaired) electrons. The maximum atomic E-state index is 12.4. The predicted molar refractivity (Wildman–Crippen MR) is 122 cm³/mol. The summed E-state index contributed by atoms with van der Waals surface area (Å²) in [5.74, 6) is 1.13. The van der Waals surface area contributed by atoms with E-state index in [-0.39, 0.29) is 0 Å². The largest absolute Gasteiger partial charge is 0.497 e. The molecule has 0 bridgehead atoms. The van der Waals surface area contributed by atoms with Gasteiger partial charge < -0.3 is 10.1 Å². The fraction of sp³-hybridized carbons (Fsp3) is 0.0435. The van der Waals surface area contributed by atoms with Gasteiger partial charge in [-0.3, -0.25) is 10.9 Å². The van der Waals surface area contributed by atoms with Crippen LogP contribution in [0, 0.1) is 0 Å². The molecule has 0 saturated carbocycles. The molecular formula is C23H19N7O2. The van der Waals surface area contributed by atoms with Gasteiger partial charge >= 0.3 is 6.03 Å². The SMILES string of the molecule is COc1cccc(NC(=O)NNc2nc3c(-c4ccccc4)nnn3c3ccccc23)c1. The van der Waals surface area contributed by atoms with E-state index in [0.29, 0.717) is 28.6 Å². The zero-order valence-corrected chi connectivity index (χ0v) is 17.1. The van der Waals surface area contributed by atoms with Crippen molar-refractivity contribution in [2.24, 2.45) is 0 Å². The van der Waals surface area contributed by atoms with Crippen LogP contribution < -0.4 is 20.9 Å². The van der Waals surface area contributed by atoms with E-state index < -0.39 is 6.03 Å². The zero-order chi connectivity index (χ0) is 21.9. The number of ether oxygens (including phenoxy) is 1. The molecule has 2 amide bonds. The Morgan fingerprint density at radius 2 is 1.78 bits per heavy atom. The van der Waals surface area contributed by atoms with Gasteiger partial charge in [0.1, 0.15) is 11.4 Å². The lowest BCUT2D eigenvalue weighted by Crippen LogP contribution is -2.34. The van der Waals surface area contributed by atoms with Crippen molar-refractivity contribution in [2.45, 2.75) is 0 Å². The molecule has 5 aromatic rings. The number of nitrogens with one attached hydrogen (secondary N) is 3. The first-order valence-corrected chi connectivity index (χ1v) is 9.89. The monoisotopic (exact) mass is 425 g/mol. The Morgan fingerprint density at radius 3 is 2.62 bits per heavy atom. The minimum atomic E-state index is -0.445. The van der Waals surface area contributed by atoms with Gasteiger partial charge in [0.15, 0.2) is 11.5 Å². The number of nitrogens with zero attached hydrogens (tertiary/aromatic N) is 4. The third-order valence-electron chi connectivity index (χ3n) is 4.92. The molecule has 32 heavy (non-hydrogen) atoms. The molecule has 3 N–H and O–H groups in total. The Bertz CT molecular complexity index is 1420. The van der Waals surface area contributed by atoms with Crippen molar-refractivity contribution in [3.8, 4) is 17.0 Å². The number of amides is 2. The van der Waals surface area contributed by atoms with Gasteiger partial charge in [-0.05, 0) is 24.3 Å². The molecule has 0 aliphatic heterocycles. The second kappa shape index (κ2) is 8.23. The average Bonchev–Trinajstić information content (AvgIpc) is 3.27. The minimum absolute atomic E-state index is 0.445. The van der Waals surface area contributed by atoms with Crippen molar-refractivity contribution in [2.75, 3.05) is 17.9 Å². The number of rotatable bonds is 5. The van der Waals surface area contributed by atoms with Crippen LogP contribution in [-0.4, -0.2) is 33.0 Å². The van der Waals surface area contributed by atoms with E-state index in [2.05, 4.69) is 26.5 Å². The van der Waals surface area contributed by atoms with Crippen molar-refractivity contribution in [1.29, 1.82) is 0 Å². The van der Waals surface area contributed by atoms with Crippen molar-refractivity contribution in [3.63, 3.8) is 0 Å². The highest BCUT2D eigenvalue weighted by molar-refractivity contribution is 5.95. The summed E-state index contributed by atoms with van der Waals surface area (Å²) in [6, 6.07) is 24.0. The zero-order valence-electron chi connectivity index (χ0n) is 17.1. The quantitative estimate of drug-likeness (QED) is 0.366. The molecule has 0 aliphatic carbocycles. The average molecular weight is 425 g/mol. The molecule has 3 aromatic carbocycles. The predicted octanol–water partition coefficient (Wildman–Crippen LogP) is 4.10. The van der Waals surface area contributed by atoms with Gasteiger partial charge in [-0.1, -0.05) is 53.7 Å². The first-order valence-electron chi connectivity index (χ1n) is 9.89. The molecule has 2 heterocycles. The summed E-state index contributed by atoms with van der Waals surface area (Å²) < 4.78 is 6.88. The number of hydrazine groups is 1. The highest BCUT2D eigenvalue weighted by Crippen LogP contribution is 2.27. The second-order valence-corrected chi connectivity index (χ2v) is 6.95. The van der Waals surface area contributed by atoms with E-state index in [4.69, 9.17) is 9.72 Å². The van der Waals surface area contributed by atoms with Crippen LogP contribution in [0.2, 0.25) is 0 Å². The highest BCUT2D eigenvalue weighted by Gasteiger charge is 2.16. The van der Waals surface area contributed by atoms with Crippen molar-refractivity contribution in [1.82, 2.24) is 25.2 Å². The van der Waals surface area contributed by atoms with Crippen LogP contribution in [0.15, 0.2) is 78.9 Å². The number of benzene rings is 3. The standard InChI is InChI=1S/C23H19N7O2/c1-32-17-11-7-10-16(14-17)24-23(31)28-27-21-18-12-5-6-13-19(18)30-22(25-21)20(26-29-30)15-8-3-2-4-9-15/h2-14H,1H3,(H,25,27)(H2,24,28,31). The van der Waals surface area contributed by atoms with E-state index in [1.807, 2.05) is 54.6 Å². The van der Waals surface area contributed by atoms with Crippen LogP contribution >= 0.6 is 0 Å². The first kappa shape index (κ1) is 19.3. The second-order valence-electron chi connectivity index (χ2n) is 6.95. The maximum absolute atomic E-state index is 12.4. The number of aromatic nitrogens is 4. The van der Waals surface area contributed by atoms with Crippen molar-refractivity contribution < 1.29 is 9.53 Å². The third-order valence-corrected chi connectivity index (χ3v) is 4.92. The molecule has 158 valence electrons. The number of carbonyl (C=O) groups is 1. The number of carbonyl (C=O) groups excluding carboxylic acids is 1. The lowest BCUT2D eigenvalue weighted by atomic mass is 10.1. The number of fused-ring (bicyclic) bond motifs is 3. The van der Waals surface area contributed by atoms with E-state index in [9.17, 15) is 4.79 Å². The Balaban J connectivity index is 1.46. The molecule has 0 saturated heterocycles. The van der Waals surface area contributed by atoms with E-state index in [0.717, 1.165) is 16.5 Å². The van der Waals surface area contributed by atoms with E-state index in [1.165, 1.54) is 0 Å². The van der Waals surface area contributed by atoms with E-state index >= 15 is 0 Å². The number of urea groups is 1. The summed E-state index contributed by atoms with van der Waals surface area (Å²) in [4.78, 5) is 17.2. The molecule has 9 heteroatoms.